The minimum Gasteiger partial charge on any atom is -0.474 e. The molecular formula is C19H24N4O3. The van der Waals surface area contributed by atoms with E-state index in [1.165, 1.54) is 0 Å². The SMILES string of the molecule is COCCOc1nnc(C(=O)N2CCNCC2)cc1Cc1ccccc1. The summed E-state index contributed by atoms with van der Waals surface area (Å²) in [6.45, 7) is 3.82. The highest BCUT2D eigenvalue weighted by Gasteiger charge is 2.21. The number of hydrogen-bond donors (Lipinski definition) is 1. The van der Waals surface area contributed by atoms with Crippen molar-refractivity contribution in [3.8, 4) is 5.88 Å². The number of rotatable bonds is 7. The first-order valence-electron chi connectivity index (χ1n) is 8.80. The number of piperazine rings is 1. The van der Waals surface area contributed by atoms with Crippen LogP contribution in [0.5, 0.6) is 5.88 Å². The molecule has 0 saturated carbocycles. The van der Waals surface area contributed by atoms with Gasteiger partial charge in [0.15, 0.2) is 5.69 Å². The van der Waals surface area contributed by atoms with Crippen LogP contribution in [0.2, 0.25) is 0 Å². The van der Waals surface area contributed by atoms with Gasteiger partial charge in [0.2, 0.25) is 5.88 Å². The van der Waals surface area contributed by atoms with Crippen LogP contribution in [0.15, 0.2) is 36.4 Å². The molecule has 1 saturated heterocycles. The van der Waals surface area contributed by atoms with Crippen molar-refractivity contribution in [2.75, 3.05) is 46.5 Å². The Kier molecular flexibility index (Phi) is 6.51. The minimum atomic E-state index is -0.0863. The first-order valence-corrected chi connectivity index (χ1v) is 8.80. The molecule has 0 unspecified atom stereocenters. The average molecular weight is 356 g/mol. The van der Waals surface area contributed by atoms with Crippen molar-refractivity contribution in [2.24, 2.45) is 0 Å². The van der Waals surface area contributed by atoms with Gasteiger partial charge in [-0.2, -0.15) is 0 Å². The lowest BCUT2D eigenvalue weighted by Crippen LogP contribution is -2.46. The zero-order valence-electron chi connectivity index (χ0n) is 15.0. The number of hydrogen-bond acceptors (Lipinski definition) is 6. The highest BCUT2D eigenvalue weighted by Crippen LogP contribution is 2.20. The van der Waals surface area contributed by atoms with E-state index >= 15 is 0 Å². The van der Waals surface area contributed by atoms with Crippen molar-refractivity contribution >= 4 is 5.91 Å². The molecule has 2 heterocycles. The minimum absolute atomic E-state index is 0.0863. The fourth-order valence-electron chi connectivity index (χ4n) is 2.84. The molecule has 0 atom stereocenters. The highest BCUT2D eigenvalue weighted by atomic mass is 16.5. The number of nitrogens with one attached hydrogen (secondary N) is 1. The van der Waals surface area contributed by atoms with Gasteiger partial charge in [0.25, 0.3) is 5.91 Å². The van der Waals surface area contributed by atoms with E-state index in [2.05, 4.69) is 15.5 Å². The lowest BCUT2D eigenvalue weighted by Gasteiger charge is -2.27. The van der Waals surface area contributed by atoms with Gasteiger partial charge in [-0.1, -0.05) is 30.3 Å². The van der Waals surface area contributed by atoms with Crippen molar-refractivity contribution in [3.05, 3.63) is 53.2 Å². The molecule has 26 heavy (non-hydrogen) atoms. The van der Waals surface area contributed by atoms with Crippen molar-refractivity contribution < 1.29 is 14.3 Å². The third-order valence-corrected chi connectivity index (χ3v) is 4.22. The van der Waals surface area contributed by atoms with E-state index in [0.29, 0.717) is 44.3 Å². The van der Waals surface area contributed by atoms with E-state index in [9.17, 15) is 4.79 Å². The monoisotopic (exact) mass is 356 g/mol. The molecule has 1 aliphatic rings. The van der Waals surface area contributed by atoms with E-state index < -0.39 is 0 Å². The standard InChI is InChI=1S/C19H24N4O3/c1-25-11-12-26-18-16(13-15-5-3-2-4-6-15)14-17(21-22-18)19(24)23-9-7-20-8-10-23/h2-6,14,20H,7-13H2,1H3. The summed E-state index contributed by atoms with van der Waals surface area (Å²) >= 11 is 0. The van der Waals surface area contributed by atoms with Gasteiger partial charge in [-0.3, -0.25) is 4.79 Å². The van der Waals surface area contributed by atoms with Gasteiger partial charge in [0, 0.05) is 45.3 Å². The van der Waals surface area contributed by atoms with Gasteiger partial charge in [-0.05, 0) is 11.6 Å². The molecule has 0 bridgehead atoms. The second-order valence-corrected chi connectivity index (χ2v) is 6.11. The van der Waals surface area contributed by atoms with Crippen molar-refractivity contribution in [1.82, 2.24) is 20.4 Å². The van der Waals surface area contributed by atoms with Gasteiger partial charge in [0.05, 0.1) is 6.61 Å². The zero-order chi connectivity index (χ0) is 18.2. The van der Waals surface area contributed by atoms with Crippen LogP contribution >= 0.6 is 0 Å². The van der Waals surface area contributed by atoms with Gasteiger partial charge >= 0.3 is 0 Å². The molecule has 7 heteroatoms. The first kappa shape index (κ1) is 18.3. The molecule has 3 rings (SSSR count). The third-order valence-electron chi connectivity index (χ3n) is 4.22. The smallest absolute Gasteiger partial charge is 0.274 e. The van der Waals surface area contributed by atoms with E-state index in [1.54, 1.807) is 18.1 Å². The zero-order valence-corrected chi connectivity index (χ0v) is 15.0. The lowest BCUT2D eigenvalue weighted by molar-refractivity contribution is 0.0728. The molecule has 2 aromatic rings. The fraction of sp³-hybridized carbons (Fsp3) is 0.421. The van der Waals surface area contributed by atoms with Crippen LogP contribution in [0.1, 0.15) is 21.6 Å². The molecule has 1 fully saturated rings. The van der Waals surface area contributed by atoms with E-state index in [1.807, 2.05) is 30.3 Å². The summed E-state index contributed by atoms with van der Waals surface area (Å²) in [5.41, 5.74) is 2.33. The quantitative estimate of drug-likeness (QED) is 0.750. The molecule has 7 nitrogen and oxygen atoms in total. The normalized spacial score (nSPS) is 14.3. The highest BCUT2D eigenvalue weighted by molar-refractivity contribution is 5.92. The Morgan fingerprint density at radius 3 is 2.65 bits per heavy atom. The summed E-state index contributed by atoms with van der Waals surface area (Å²) in [6, 6.07) is 11.8. The van der Waals surface area contributed by atoms with E-state index in [-0.39, 0.29) is 5.91 Å². The second-order valence-electron chi connectivity index (χ2n) is 6.11. The van der Waals surface area contributed by atoms with Crippen LogP contribution in [-0.4, -0.2) is 67.5 Å². The Labute approximate surface area is 153 Å². The molecule has 1 aromatic carbocycles. The predicted molar refractivity (Wildman–Crippen MR) is 97.4 cm³/mol. The molecule has 0 radical (unpaired) electrons. The van der Waals surface area contributed by atoms with E-state index in [4.69, 9.17) is 9.47 Å². The maximum absolute atomic E-state index is 12.7. The maximum atomic E-state index is 12.7. The molecule has 1 N–H and O–H groups in total. The van der Waals surface area contributed by atoms with E-state index in [0.717, 1.165) is 24.2 Å². The van der Waals surface area contributed by atoms with Crippen LogP contribution in [0.25, 0.3) is 0 Å². The molecule has 0 spiro atoms. The summed E-state index contributed by atoms with van der Waals surface area (Å²) in [5.74, 6) is 0.361. The molecule has 138 valence electrons. The second kappa shape index (κ2) is 9.26. The van der Waals surface area contributed by atoms with Gasteiger partial charge < -0.3 is 19.7 Å². The molecular weight excluding hydrogens is 332 g/mol. The Hall–Kier alpha value is -2.51. The maximum Gasteiger partial charge on any atom is 0.274 e. The number of aromatic nitrogens is 2. The van der Waals surface area contributed by atoms with Gasteiger partial charge in [-0.15, -0.1) is 10.2 Å². The largest absolute Gasteiger partial charge is 0.474 e. The van der Waals surface area contributed by atoms with Crippen LogP contribution in [-0.2, 0) is 11.2 Å². The topological polar surface area (TPSA) is 76.6 Å². The van der Waals surface area contributed by atoms with Crippen LogP contribution in [0.4, 0.5) is 0 Å². The predicted octanol–water partition coefficient (Wildman–Crippen LogP) is 1.14. The van der Waals surface area contributed by atoms with Crippen LogP contribution < -0.4 is 10.1 Å². The fourth-order valence-corrected chi connectivity index (χ4v) is 2.84. The van der Waals surface area contributed by atoms with Crippen molar-refractivity contribution in [2.45, 2.75) is 6.42 Å². The summed E-state index contributed by atoms with van der Waals surface area (Å²) in [6.07, 6.45) is 0.626. The lowest BCUT2D eigenvalue weighted by atomic mass is 10.1. The van der Waals surface area contributed by atoms with Crippen LogP contribution in [0, 0.1) is 0 Å². The van der Waals surface area contributed by atoms with Gasteiger partial charge in [-0.25, -0.2) is 0 Å². The first-order chi connectivity index (χ1) is 12.8. The summed E-state index contributed by atoms with van der Waals surface area (Å²) < 4.78 is 10.7. The number of ether oxygens (including phenoxy) is 2. The number of amides is 1. The summed E-state index contributed by atoms with van der Waals surface area (Å²) in [7, 11) is 1.62. The average Bonchev–Trinajstić information content (AvgIpc) is 2.70. The Bertz CT molecular complexity index is 718. The number of nitrogens with zero attached hydrogens (tertiary/aromatic N) is 3. The van der Waals surface area contributed by atoms with Crippen molar-refractivity contribution in [3.63, 3.8) is 0 Å². The van der Waals surface area contributed by atoms with Gasteiger partial charge in [0.1, 0.15) is 6.61 Å². The van der Waals surface area contributed by atoms with Crippen molar-refractivity contribution in [1.29, 1.82) is 0 Å². The Morgan fingerprint density at radius 2 is 1.92 bits per heavy atom. The Morgan fingerprint density at radius 1 is 1.15 bits per heavy atom. The Balaban J connectivity index is 1.82. The molecule has 1 aromatic heterocycles. The number of carbonyl (C=O) groups excluding carboxylic acids is 1. The number of methoxy groups -OCH3 is 1. The summed E-state index contributed by atoms with van der Waals surface area (Å²) in [5, 5.41) is 11.5. The summed E-state index contributed by atoms with van der Waals surface area (Å²) in [4.78, 5) is 14.5. The molecule has 1 amide bonds. The number of carbonyl (C=O) groups is 1. The number of benzene rings is 1. The molecule has 0 aliphatic carbocycles. The third kappa shape index (κ3) is 4.77. The van der Waals surface area contributed by atoms with Crippen LogP contribution in [0.3, 0.4) is 0 Å². The molecule has 1 aliphatic heterocycles.